The highest BCUT2D eigenvalue weighted by atomic mass is 35.5. The molecule has 3 aliphatic carbocycles. The number of hydrogen-bond acceptors (Lipinski definition) is 3. The normalized spacial score (nSPS) is 41.4. The minimum absolute atomic E-state index is 0.0545. The third kappa shape index (κ3) is 3.14. The highest BCUT2D eigenvalue weighted by Crippen LogP contribution is 2.63. The van der Waals surface area contributed by atoms with E-state index in [4.69, 9.17) is 11.6 Å². The summed E-state index contributed by atoms with van der Waals surface area (Å²) in [6, 6.07) is 5.66. The van der Waals surface area contributed by atoms with E-state index in [0.717, 1.165) is 32.1 Å². The molecule has 0 spiro atoms. The molecular weight excluding hydrogens is 410 g/mol. The topological polar surface area (TPSA) is 62.3 Å². The first kappa shape index (κ1) is 21.0. The summed E-state index contributed by atoms with van der Waals surface area (Å²) in [6.45, 7) is 4.76. The van der Waals surface area contributed by atoms with Crippen molar-refractivity contribution in [1.29, 1.82) is 0 Å². The van der Waals surface area contributed by atoms with Gasteiger partial charge in [-0.15, -0.1) is 0 Å². The average molecular weight is 442 g/mol. The number of nitrogens with zero attached hydrogens (tertiary/aromatic N) is 2. The van der Waals surface area contributed by atoms with E-state index in [2.05, 4.69) is 30.2 Å². The second kappa shape index (κ2) is 7.33. The van der Waals surface area contributed by atoms with Crippen molar-refractivity contribution in [3.8, 4) is 0 Å². The lowest BCUT2D eigenvalue weighted by atomic mass is 9.48. The average Bonchev–Trinajstić information content (AvgIpc) is 3.07. The molecule has 1 N–H and O–H groups in total. The number of aromatic nitrogens is 1. The first-order valence-corrected chi connectivity index (χ1v) is 12.0. The fraction of sp³-hybridized carbons (Fsp3) is 0.640. The molecule has 0 radical (unpaired) electrons. The van der Waals surface area contributed by atoms with Crippen LogP contribution >= 0.6 is 11.6 Å². The maximum atomic E-state index is 12.9. The van der Waals surface area contributed by atoms with Crippen molar-refractivity contribution in [2.24, 2.45) is 28.6 Å². The highest BCUT2D eigenvalue weighted by molar-refractivity contribution is 6.29. The lowest BCUT2D eigenvalue weighted by molar-refractivity contribution is -0.138. The maximum absolute atomic E-state index is 12.9. The highest BCUT2D eigenvalue weighted by Gasteiger charge is 2.60. The summed E-state index contributed by atoms with van der Waals surface area (Å²) >= 11 is 5.99. The largest absolute Gasteiger partial charge is 0.347 e. The number of nitrogens with one attached hydrogen (secondary N) is 1. The van der Waals surface area contributed by atoms with Crippen molar-refractivity contribution < 1.29 is 9.59 Å². The van der Waals surface area contributed by atoms with Gasteiger partial charge in [0.15, 0.2) is 0 Å². The predicted molar refractivity (Wildman–Crippen MR) is 121 cm³/mol. The van der Waals surface area contributed by atoms with Crippen LogP contribution in [0.4, 0.5) is 0 Å². The Bertz CT molecular complexity index is 948. The summed E-state index contributed by atoms with van der Waals surface area (Å²) in [5.41, 5.74) is 0.554. The standard InChI is InChI=1S/C25H32ClN3O2/c1-24-13-11-17-15(7-10-20-25(17,2)14-12-22(30)29(20)3)16(24)8-9-19(24)28-23(31)18-5-4-6-21(26)27-18/h4-6,12,14-17,19-20H,7-11,13H2,1-3H3,(H,28,31)/t15-,16-,17-,19-,20+,24-,25+/m0/s1. The van der Waals surface area contributed by atoms with Crippen molar-refractivity contribution >= 4 is 23.4 Å². The number of halogens is 1. The fourth-order valence-electron chi connectivity index (χ4n) is 7.74. The van der Waals surface area contributed by atoms with E-state index in [1.165, 1.54) is 6.42 Å². The van der Waals surface area contributed by atoms with Gasteiger partial charge in [-0.1, -0.05) is 37.6 Å². The zero-order valence-electron chi connectivity index (χ0n) is 18.6. The summed E-state index contributed by atoms with van der Waals surface area (Å²) in [7, 11) is 1.97. The van der Waals surface area contributed by atoms with Crippen LogP contribution < -0.4 is 5.32 Å². The Balaban J connectivity index is 1.37. The molecule has 0 bridgehead atoms. The zero-order valence-corrected chi connectivity index (χ0v) is 19.4. The van der Waals surface area contributed by atoms with E-state index in [0.29, 0.717) is 34.6 Å². The van der Waals surface area contributed by atoms with E-state index in [1.54, 1.807) is 24.3 Å². The Morgan fingerprint density at radius 1 is 1.16 bits per heavy atom. The molecule has 1 aliphatic heterocycles. The van der Waals surface area contributed by atoms with Crippen LogP contribution in [-0.2, 0) is 4.79 Å². The maximum Gasteiger partial charge on any atom is 0.270 e. The predicted octanol–water partition coefficient (Wildman–Crippen LogP) is 4.47. The van der Waals surface area contributed by atoms with Gasteiger partial charge in [0.1, 0.15) is 10.8 Å². The Morgan fingerprint density at radius 3 is 2.74 bits per heavy atom. The molecule has 0 aromatic carbocycles. The van der Waals surface area contributed by atoms with Gasteiger partial charge in [0.2, 0.25) is 5.91 Å². The van der Waals surface area contributed by atoms with Gasteiger partial charge in [-0.2, -0.15) is 0 Å². The Labute approximate surface area is 189 Å². The number of hydrogen-bond donors (Lipinski definition) is 1. The van der Waals surface area contributed by atoms with Crippen molar-refractivity contribution in [2.45, 2.75) is 64.5 Å². The zero-order chi connectivity index (χ0) is 22.0. The number of likely N-dealkylation sites (N-methyl/N-ethyl adjacent to an activating group) is 1. The van der Waals surface area contributed by atoms with Crippen molar-refractivity contribution in [1.82, 2.24) is 15.2 Å². The van der Waals surface area contributed by atoms with Crippen LogP contribution in [0.3, 0.4) is 0 Å². The van der Waals surface area contributed by atoms with Gasteiger partial charge in [-0.05, 0) is 79.9 Å². The van der Waals surface area contributed by atoms with E-state index < -0.39 is 0 Å². The first-order valence-electron chi connectivity index (χ1n) is 11.6. The smallest absolute Gasteiger partial charge is 0.270 e. The number of amides is 2. The molecule has 5 rings (SSSR count). The molecule has 7 atom stereocenters. The summed E-state index contributed by atoms with van der Waals surface area (Å²) in [4.78, 5) is 31.3. The minimum Gasteiger partial charge on any atom is -0.347 e. The summed E-state index contributed by atoms with van der Waals surface area (Å²) in [6.07, 6.45) is 10.7. The van der Waals surface area contributed by atoms with E-state index in [1.807, 2.05) is 11.9 Å². The van der Waals surface area contributed by atoms with Crippen LogP contribution in [0.5, 0.6) is 0 Å². The molecule has 4 aliphatic rings. The van der Waals surface area contributed by atoms with Gasteiger partial charge >= 0.3 is 0 Å². The fourth-order valence-corrected chi connectivity index (χ4v) is 7.91. The number of rotatable bonds is 2. The molecule has 166 valence electrons. The van der Waals surface area contributed by atoms with Gasteiger partial charge in [0, 0.05) is 24.5 Å². The Morgan fingerprint density at radius 2 is 1.97 bits per heavy atom. The van der Waals surface area contributed by atoms with Gasteiger partial charge in [0.25, 0.3) is 5.91 Å². The first-order chi connectivity index (χ1) is 14.7. The van der Waals surface area contributed by atoms with Gasteiger partial charge in [-0.25, -0.2) is 4.98 Å². The second-order valence-electron chi connectivity index (χ2n) is 10.6. The van der Waals surface area contributed by atoms with E-state index in [9.17, 15) is 9.59 Å². The summed E-state index contributed by atoms with van der Waals surface area (Å²) in [5.74, 6) is 1.87. The van der Waals surface area contributed by atoms with Gasteiger partial charge in [-0.3, -0.25) is 9.59 Å². The molecule has 2 amide bonds. The Kier molecular flexibility index (Phi) is 4.96. The van der Waals surface area contributed by atoms with Gasteiger partial charge in [0.05, 0.1) is 0 Å². The van der Waals surface area contributed by atoms with E-state index >= 15 is 0 Å². The molecule has 3 fully saturated rings. The molecule has 1 aromatic heterocycles. The number of carbonyl (C=O) groups is 2. The quantitative estimate of drug-likeness (QED) is 0.688. The monoisotopic (exact) mass is 441 g/mol. The van der Waals surface area contributed by atoms with Gasteiger partial charge < -0.3 is 10.2 Å². The molecule has 1 aromatic rings. The number of pyridine rings is 1. The minimum atomic E-state index is -0.123. The molecule has 0 saturated heterocycles. The second-order valence-corrected chi connectivity index (χ2v) is 11.0. The summed E-state index contributed by atoms with van der Waals surface area (Å²) in [5, 5.41) is 3.65. The van der Waals surface area contributed by atoms with Crippen LogP contribution in [0, 0.1) is 28.6 Å². The number of fused-ring (bicyclic) bond motifs is 5. The summed E-state index contributed by atoms with van der Waals surface area (Å²) < 4.78 is 0. The van der Waals surface area contributed by atoms with Crippen LogP contribution in [-0.4, -0.2) is 40.8 Å². The van der Waals surface area contributed by atoms with Crippen LogP contribution in [0.15, 0.2) is 30.4 Å². The lowest BCUT2D eigenvalue weighted by Crippen LogP contribution is -2.60. The SMILES string of the molecule is CN1C(=O)C=C[C@]2(C)[C@H]3CC[C@]4(C)[C@@H](NC(=O)c5cccc(Cl)n5)CC[C@H]4[C@@H]3CC[C@@H]12. The van der Waals surface area contributed by atoms with E-state index in [-0.39, 0.29) is 28.7 Å². The molecule has 5 nitrogen and oxygen atoms in total. The van der Waals surface area contributed by atoms with Crippen molar-refractivity contribution in [3.05, 3.63) is 41.2 Å². The third-order valence-corrected chi connectivity index (χ3v) is 9.59. The molecule has 6 heteroatoms. The molecule has 31 heavy (non-hydrogen) atoms. The van der Waals surface area contributed by atoms with Crippen LogP contribution in [0.2, 0.25) is 5.15 Å². The van der Waals surface area contributed by atoms with Crippen molar-refractivity contribution in [2.75, 3.05) is 7.05 Å². The molecular formula is C25H32ClN3O2. The van der Waals surface area contributed by atoms with Crippen LogP contribution in [0.1, 0.15) is 62.9 Å². The Hall–Kier alpha value is -1.88. The van der Waals surface area contributed by atoms with Crippen molar-refractivity contribution in [3.63, 3.8) is 0 Å². The molecule has 2 heterocycles. The lowest BCUT2D eigenvalue weighted by Gasteiger charge is -2.60. The molecule has 3 saturated carbocycles. The number of carbonyl (C=O) groups excluding carboxylic acids is 2. The van der Waals surface area contributed by atoms with Crippen LogP contribution in [0.25, 0.3) is 0 Å². The molecule has 0 unspecified atom stereocenters. The third-order valence-electron chi connectivity index (χ3n) is 9.38.